The topological polar surface area (TPSA) is 12.0 Å². The summed E-state index contributed by atoms with van der Waals surface area (Å²) < 4.78 is 0.994. The maximum absolute atomic E-state index is 6.24. The van der Waals surface area contributed by atoms with Crippen molar-refractivity contribution in [2.45, 2.75) is 25.9 Å². The summed E-state index contributed by atoms with van der Waals surface area (Å²) in [5.74, 6) is 0. The van der Waals surface area contributed by atoms with Crippen molar-refractivity contribution in [2.24, 2.45) is 0 Å². The van der Waals surface area contributed by atoms with Gasteiger partial charge in [-0.15, -0.1) is 0 Å². The Balaban J connectivity index is 2.07. The molecule has 0 saturated carbocycles. The summed E-state index contributed by atoms with van der Waals surface area (Å²) in [5, 5.41) is 5.07. The molecule has 1 nitrogen and oxygen atoms in total. The van der Waals surface area contributed by atoms with Crippen molar-refractivity contribution in [1.29, 1.82) is 0 Å². The first-order valence-corrected chi connectivity index (χ1v) is 8.08. The van der Waals surface area contributed by atoms with Crippen molar-refractivity contribution in [3.05, 3.63) is 68.1 Å². The summed E-state index contributed by atoms with van der Waals surface area (Å²) in [6.07, 6.45) is 0.995. The summed E-state index contributed by atoms with van der Waals surface area (Å²) in [4.78, 5) is 0. The highest BCUT2D eigenvalue weighted by atomic mass is 79.9. The minimum Gasteiger partial charge on any atom is -0.306 e. The molecule has 1 unspecified atom stereocenters. The first-order valence-electron chi connectivity index (χ1n) is 6.53. The Morgan fingerprint density at radius 2 is 1.95 bits per heavy atom. The molecule has 2 aromatic carbocycles. The lowest BCUT2D eigenvalue weighted by Crippen LogP contribution is -2.20. The van der Waals surface area contributed by atoms with Gasteiger partial charge in [0.25, 0.3) is 0 Å². The number of rotatable bonds is 5. The zero-order valence-electron chi connectivity index (χ0n) is 11.2. The summed E-state index contributed by atoms with van der Waals surface area (Å²) in [7, 11) is 0. The van der Waals surface area contributed by atoms with Crippen LogP contribution in [0.1, 0.15) is 30.5 Å². The van der Waals surface area contributed by atoms with E-state index in [1.165, 1.54) is 5.56 Å². The molecule has 0 heterocycles. The van der Waals surface area contributed by atoms with E-state index in [9.17, 15) is 0 Å². The van der Waals surface area contributed by atoms with Gasteiger partial charge in [-0.1, -0.05) is 64.3 Å². The average Bonchev–Trinajstić information content (AvgIpc) is 2.41. The largest absolute Gasteiger partial charge is 0.306 e. The van der Waals surface area contributed by atoms with Crippen LogP contribution >= 0.6 is 39.1 Å². The van der Waals surface area contributed by atoms with Crippen LogP contribution in [0.4, 0.5) is 0 Å². The molecule has 0 aliphatic carbocycles. The van der Waals surface area contributed by atoms with Gasteiger partial charge in [0.15, 0.2) is 0 Å². The minimum atomic E-state index is 0.272. The molecule has 0 aliphatic rings. The van der Waals surface area contributed by atoms with E-state index in [0.717, 1.165) is 33.0 Å². The number of hydrogen-bond acceptors (Lipinski definition) is 1. The van der Waals surface area contributed by atoms with Crippen LogP contribution in [0.5, 0.6) is 0 Å². The molecule has 0 aliphatic heterocycles. The summed E-state index contributed by atoms with van der Waals surface area (Å²) >= 11 is 15.7. The fourth-order valence-corrected chi connectivity index (χ4v) is 3.06. The molecule has 0 spiro atoms. The Bertz CT molecular complexity index is 586. The van der Waals surface area contributed by atoms with E-state index in [0.29, 0.717) is 0 Å². The maximum Gasteiger partial charge on any atom is 0.0462 e. The van der Waals surface area contributed by atoms with E-state index in [1.807, 2.05) is 36.4 Å². The Labute approximate surface area is 138 Å². The van der Waals surface area contributed by atoms with Crippen molar-refractivity contribution >= 4 is 39.1 Å². The summed E-state index contributed by atoms with van der Waals surface area (Å²) in [6, 6.07) is 14.2. The SMILES string of the molecule is CCC(NCc1ccc(Br)cc1Cl)c1cccc(Cl)c1. The van der Waals surface area contributed by atoms with E-state index >= 15 is 0 Å². The smallest absolute Gasteiger partial charge is 0.0462 e. The molecule has 0 amide bonds. The maximum atomic E-state index is 6.24. The molecule has 2 rings (SSSR count). The third-order valence-corrected chi connectivity index (χ3v) is 4.29. The highest BCUT2D eigenvalue weighted by Gasteiger charge is 2.10. The van der Waals surface area contributed by atoms with Crippen molar-refractivity contribution in [1.82, 2.24) is 5.32 Å². The van der Waals surface area contributed by atoms with Crippen molar-refractivity contribution in [3.63, 3.8) is 0 Å². The predicted molar refractivity (Wildman–Crippen MR) is 90.5 cm³/mol. The molecular weight excluding hydrogens is 357 g/mol. The lowest BCUT2D eigenvalue weighted by molar-refractivity contribution is 0.519. The van der Waals surface area contributed by atoms with E-state index in [-0.39, 0.29) is 6.04 Å². The van der Waals surface area contributed by atoms with Gasteiger partial charge in [-0.05, 0) is 41.8 Å². The monoisotopic (exact) mass is 371 g/mol. The third kappa shape index (κ3) is 4.23. The van der Waals surface area contributed by atoms with Crippen LogP contribution in [0.2, 0.25) is 10.0 Å². The van der Waals surface area contributed by atoms with Crippen molar-refractivity contribution < 1.29 is 0 Å². The van der Waals surface area contributed by atoms with Gasteiger partial charge < -0.3 is 5.32 Å². The third-order valence-electron chi connectivity index (χ3n) is 3.21. The fraction of sp³-hybridized carbons (Fsp3) is 0.250. The van der Waals surface area contributed by atoms with Crippen molar-refractivity contribution in [2.75, 3.05) is 0 Å². The zero-order chi connectivity index (χ0) is 14.5. The van der Waals surface area contributed by atoms with Gasteiger partial charge >= 0.3 is 0 Å². The zero-order valence-corrected chi connectivity index (χ0v) is 14.3. The fourth-order valence-electron chi connectivity index (χ4n) is 2.12. The van der Waals surface area contributed by atoms with E-state index in [2.05, 4.69) is 34.2 Å². The van der Waals surface area contributed by atoms with Crippen LogP contribution in [-0.4, -0.2) is 0 Å². The van der Waals surface area contributed by atoms with Crippen LogP contribution in [-0.2, 0) is 6.54 Å². The minimum absolute atomic E-state index is 0.272. The second kappa shape index (κ2) is 7.46. The Hall–Kier alpha value is -0.540. The van der Waals surface area contributed by atoms with Crippen LogP contribution in [0.15, 0.2) is 46.9 Å². The van der Waals surface area contributed by atoms with Crippen LogP contribution in [0, 0.1) is 0 Å². The number of halogens is 3. The molecule has 4 heteroatoms. The molecule has 20 heavy (non-hydrogen) atoms. The first kappa shape index (κ1) is 15.8. The number of benzene rings is 2. The molecule has 106 valence electrons. The Morgan fingerprint density at radius 1 is 1.15 bits per heavy atom. The van der Waals surface area contributed by atoms with Gasteiger partial charge in [0.2, 0.25) is 0 Å². The second-order valence-corrected chi connectivity index (χ2v) is 6.39. The predicted octanol–water partition coefficient (Wildman–Crippen LogP) is 6.00. The van der Waals surface area contributed by atoms with E-state index in [4.69, 9.17) is 23.2 Å². The normalized spacial score (nSPS) is 12.4. The molecule has 0 bridgehead atoms. The molecular formula is C16H16BrCl2N. The van der Waals surface area contributed by atoms with Crippen LogP contribution in [0.25, 0.3) is 0 Å². The molecule has 0 fully saturated rings. The molecule has 1 atom stereocenters. The summed E-state index contributed by atoms with van der Waals surface area (Å²) in [6.45, 7) is 2.89. The van der Waals surface area contributed by atoms with Gasteiger partial charge in [-0.25, -0.2) is 0 Å². The summed E-state index contributed by atoms with van der Waals surface area (Å²) in [5.41, 5.74) is 2.29. The lowest BCUT2D eigenvalue weighted by Gasteiger charge is -2.18. The average molecular weight is 373 g/mol. The lowest BCUT2D eigenvalue weighted by atomic mass is 10.0. The molecule has 2 aromatic rings. The van der Waals surface area contributed by atoms with Crippen molar-refractivity contribution in [3.8, 4) is 0 Å². The Morgan fingerprint density at radius 3 is 2.60 bits per heavy atom. The quantitative estimate of drug-likeness (QED) is 0.678. The van der Waals surface area contributed by atoms with Crippen LogP contribution < -0.4 is 5.32 Å². The Kier molecular flexibility index (Phi) is 5.91. The van der Waals surface area contributed by atoms with Gasteiger partial charge in [-0.3, -0.25) is 0 Å². The molecule has 0 saturated heterocycles. The second-order valence-electron chi connectivity index (χ2n) is 4.63. The number of nitrogens with one attached hydrogen (secondary N) is 1. The van der Waals surface area contributed by atoms with E-state index < -0.39 is 0 Å². The highest BCUT2D eigenvalue weighted by Crippen LogP contribution is 2.24. The molecule has 1 N–H and O–H groups in total. The van der Waals surface area contributed by atoms with Gasteiger partial charge in [-0.2, -0.15) is 0 Å². The highest BCUT2D eigenvalue weighted by molar-refractivity contribution is 9.10. The van der Waals surface area contributed by atoms with Gasteiger partial charge in [0.1, 0.15) is 0 Å². The van der Waals surface area contributed by atoms with E-state index in [1.54, 1.807) is 0 Å². The number of hydrogen-bond donors (Lipinski definition) is 1. The standard InChI is InChI=1S/C16H16BrCl2N/c1-2-16(11-4-3-5-14(18)8-11)20-10-12-6-7-13(17)9-15(12)19/h3-9,16,20H,2,10H2,1H3. The first-order chi connectivity index (χ1) is 9.60. The molecule has 0 aromatic heterocycles. The molecule has 0 radical (unpaired) electrons. The van der Waals surface area contributed by atoms with Crippen LogP contribution in [0.3, 0.4) is 0 Å². The van der Waals surface area contributed by atoms with Gasteiger partial charge in [0, 0.05) is 27.1 Å². The van der Waals surface area contributed by atoms with Gasteiger partial charge in [0.05, 0.1) is 0 Å².